The first kappa shape index (κ1) is 24.5. The van der Waals surface area contributed by atoms with Gasteiger partial charge >= 0.3 is 11.9 Å². The number of hydrogen-bond donors (Lipinski definition) is 0. The van der Waals surface area contributed by atoms with E-state index in [1.807, 2.05) is 19.9 Å². The lowest BCUT2D eigenvalue weighted by Gasteiger charge is -2.58. The molecule has 3 saturated carbocycles. The van der Waals surface area contributed by atoms with Crippen LogP contribution in [0.15, 0.2) is 23.3 Å². The summed E-state index contributed by atoms with van der Waals surface area (Å²) >= 11 is 0. The first-order valence-corrected chi connectivity index (χ1v) is 13.3. The SMILES string of the molecule is C/C=C(\C)C(=O)OC[C@@H](C)[C@H]1CC[C@H]2C3=CC[C@H]4C[C@@H](OC(C)=O)CC[C@]4(C)[C@H]3CC[C@]12C. The highest BCUT2D eigenvalue weighted by Gasteiger charge is 2.58. The van der Waals surface area contributed by atoms with Crippen LogP contribution in [0.5, 0.6) is 0 Å². The lowest BCUT2D eigenvalue weighted by Crippen LogP contribution is -2.50. The van der Waals surface area contributed by atoms with Crippen molar-refractivity contribution in [1.82, 2.24) is 0 Å². The molecule has 33 heavy (non-hydrogen) atoms. The fraction of sp³-hybridized carbons (Fsp3) is 0.793. The van der Waals surface area contributed by atoms with Gasteiger partial charge in [0.25, 0.3) is 0 Å². The van der Waals surface area contributed by atoms with Crippen LogP contribution in [-0.4, -0.2) is 24.6 Å². The number of rotatable bonds is 5. The first-order valence-electron chi connectivity index (χ1n) is 13.3. The van der Waals surface area contributed by atoms with Gasteiger partial charge in [0, 0.05) is 12.5 Å². The Morgan fingerprint density at radius 2 is 1.79 bits per heavy atom. The molecule has 4 nitrogen and oxygen atoms in total. The lowest BCUT2D eigenvalue weighted by atomic mass is 9.47. The molecule has 0 N–H and O–H groups in total. The zero-order valence-electron chi connectivity index (χ0n) is 21.6. The van der Waals surface area contributed by atoms with Crippen molar-refractivity contribution in [3.63, 3.8) is 0 Å². The van der Waals surface area contributed by atoms with E-state index >= 15 is 0 Å². The normalized spacial score (nSPS) is 41.2. The molecule has 0 radical (unpaired) electrons. The van der Waals surface area contributed by atoms with Gasteiger partial charge in [0.1, 0.15) is 6.10 Å². The van der Waals surface area contributed by atoms with E-state index < -0.39 is 0 Å². The minimum Gasteiger partial charge on any atom is -0.463 e. The summed E-state index contributed by atoms with van der Waals surface area (Å²) in [7, 11) is 0. The number of hydrogen-bond acceptors (Lipinski definition) is 4. The van der Waals surface area contributed by atoms with Crippen molar-refractivity contribution >= 4 is 11.9 Å². The van der Waals surface area contributed by atoms with Gasteiger partial charge in [0.2, 0.25) is 0 Å². The van der Waals surface area contributed by atoms with Crippen LogP contribution in [-0.2, 0) is 19.1 Å². The third-order valence-corrected chi connectivity index (χ3v) is 10.4. The van der Waals surface area contributed by atoms with Gasteiger partial charge in [-0.2, -0.15) is 0 Å². The van der Waals surface area contributed by atoms with Gasteiger partial charge < -0.3 is 9.47 Å². The monoisotopic (exact) mass is 456 g/mol. The maximum absolute atomic E-state index is 12.2. The van der Waals surface area contributed by atoms with E-state index in [1.54, 1.807) is 5.57 Å². The highest BCUT2D eigenvalue weighted by molar-refractivity contribution is 5.87. The molecule has 0 spiro atoms. The largest absolute Gasteiger partial charge is 0.463 e. The zero-order chi connectivity index (χ0) is 24.0. The molecular formula is C29H44O4. The highest BCUT2D eigenvalue weighted by atomic mass is 16.5. The van der Waals surface area contributed by atoms with Gasteiger partial charge in [-0.05, 0) is 106 Å². The average molecular weight is 457 g/mol. The van der Waals surface area contributed by atoms with Crippen LogP contribution in [0.3, 0.4) is 0 Å². The second-order valence-corrected chi connectivity index (χ2v) is 12.0. The van der Waals surface area contributed by atoms with Gasteiger partial charge in [-0.3, -0.25) is 4.79 Å². The van der Waals surface area contributed by atoms with Crippen molar-refractivity contribution in [2.45, 2.75) is 99.0 Å². The predicted octanol–water partition coefficient (Wildman–Crippen LogP) is 6.64. The molecule has 0 unspecified atom stereocenters. The van der Waals surface area contributed by atoms with Crippen molar-refractivity contribution in [2.75, 3.05) is 6.61 Å². The van der Waals surface area contributed by atoms with Gasteiger partial charge in [0.15, 0.2) is 0 Å². The molecule has 3 fully saturated rings. The Morgan fingerprint density at radius 3 is 2.48 bits per heavy atom. The van der Waals surface area contributed by atoms with Crippen molar-refractivity contribution in [3.05, 3.63) is 23.3 Å². The van der Waals surface area contributed by atoms with E-state index in [0.717, 1.165) is 19.3 Å². The van der Waals surface area contributed by atoms with Gasteiger partial charge in [-0.15, -0.1) is 0 Å². The fourth-order valence-electron chi connectivity index (χ4n) is 8.35. The third-order valence-electron chi connectivity index (χ3n) is 10.4. The second-order valence-electron chi connectivity index (χ2n) is 12.0. The van der Waals surface area contributed by atoms with Crippen LogP contribution in [0.25, 0.3) is 0 Å². The average Bonchev–Trinajstić information content (AvgIpc) is 3.13. The van der Waals surface area contributed by atoms with Gasteiger partial charge in [0.05, 0.1) is 6.61 Å². The van der Waals surface area contributed by atoms with Gasteiger partial charge in [-0.25, -0.2) is 4.79 Å². The Hall–Kier alpha value is -1.58. The van der Waals surface area contributed by atoms with Crippen LogP contribution in [0.4, 0.5) is 0 Å². The summed E-state index contributed by atoms with van der Waals surface area (Å²) in [6.45, 7) is 13.1. The van der Waals surface area contributed by atoms with E-state index in [1.165, 1.54) is 39.0 Å². The molecular weight excluding hydrogens is 412 g/mol. The summed E-state index contributed by atoms with van der Waals surface area (Å²) in [5, 5.41) is 0. The van der Waals surface area contributed by atoms with E-state index in [4.69, 9.17) is 9.47 Å². The topological polar surface area (TPSA) is 52.6 Å². The summed E-state index contributed by atoms with van der Waals surface area (Å²) in [5.74, 6) is 2.65. The molecule has 4 rings (SSSR count). The Morgan fingerprint density at radius 1 is 1.09 bits per heavy atom. The Kier molecular flexibility index (Phi) is 6.86. The second kappa shape index (κ2) is 9.23. The molecule has 4 aliphatic rings. The van der Waals surface area contributed by atoms with Crippen LogP contribution in [0.1, 0.15) is 92.9 Å². The molecule has 0 heterocycles. The van der Waals surface area contributed by atoms with Crippen molar-refractivity contribution in [2.24, 2.45) is 40.4 Å². The summed E-state index contributed by atoms with van der Waals surface area (Å²) in [5.41, 5.74) is 3.08. The van der Waals surface area contributed by atoms with E-state index in [9.17, 15) is 9.59 Å². The van der Waals surface area contributed by atoms with Crippen LogP contribution >= 0.6 is 0 Å². The molecule has 184 valence electrons. The maximum atomic E-state index is 12.2. The molecule has 8 atom stereocenters. The minimum absolute atomic E-state index is 0.106. The van der Waals surface area contributed by atoms with Crippen molar-refractivity contribution in [1.29, 1.82) is 0 Å². The Balaban J connectivity index is 1.47. The first-order chi connectivity index (χ1) is 15.6. The van der Waals surface area contributed by atoms with E-state index in [0.29, 0.717) is 52.6 Å². The van der Waals surface area contributed by atoms with E-state index in [-0.39, 0.29) is 18.0 Å². The molecule has 0 bridgehead atoms. The molecule has 0 amide bonds. The summed E-state index contributed by atoms with van der Waals surface area (Å²) in [4.78, 5) is 23.7. The number of carbonyl (C=O) groups excluding carboxylic acids is 2. The van der Waals surface area contributed by atoms with Crippen LogP contribution in [0, 0.1) is 40.4 Å². The van der Waals surface area contributed by atoms with Crippen molar-refractivity contribution in [3.8, 4) is 0 Å². The zero-order valence-corrected chi connectivity index (χ0v) is 21.6. The van der Waals surface area contributed by atoms with Crippen LogP contribution in [0.2, 0.25) is 0 Å². The number of esters is 2. The molecule has 4 heteroatoms. The Labute approximate surface area is 200 Å². The third kappa shape index (κ3) is 4.32. The molecule has 0 aromatic rings. The smallest absolute Gasteiger partial charge is 0.333 e. The predicted molar refractivity (Wildman–Crippen MR) is 130 cm³/mol. The van der Waals surface area contributed by atoms with Crippen LogP contribution < -0.4 is 0 Å². The lowest BCUT2D eigenvalue weighted by molar-refractivity contribution is -0.152. The quantitative estimate of drug-likeness (QED) is 0.264. The number of ether oxygens (including phenoxy) is 2. The number of allylic oxidation sites excluding steroid dienone is 3. The van der Waals surface area contributed by atoms with Crippen molar-refractivity contribution < 1.29 is 19.1 Å². The molecule has 0 aromatic heterocycles. The standard InChI is InChI=1S/C29H44O4/c1-7-18(2)27(31)32-17-19(3)24-10-11-25-23-9-8-21-16-22(33-20(4)30)12-14-28(21,5)26(23)13-15-29(24,25)6/h7,9,19,21-22,24-26H,8,10-17H2,1-6H3/b18-7+/t19-,21+,22+,24-,25+,26+,28+,29-/m1/s1. The highest BCUT2D eigenvalue weighted by Crippen LogP contribution is 2.66. The van der Waals surface area contributed by atoms with Gasteiger partial charge in [-0.1, -0.05) is 38.5 Å². The fourth-order valence-corrected chi connectivity index (χ4v) is 8.35. The number of carbonyl (C=O) groups is 2. The molecule has 0 aliphatic heterocycles. The molecule has 4 aliphatic carbocycles. The summed E-state index contributed by atoms with van der Waals surface area (Å²) < 4.78 is 11.3. The minimum atomic E-state index is -0.175. The maximum Gasteiger partial charge on any atom is 0.333 e. The summed E-state index contributed by atoms with van der Waals surface area (Å²) in [6, 6.07) is 0. The summed E-state index contributed by atoms with van der Waals surface area (Å²) in [6.07, 6.45) is 13.9. The molecule has 0 saturated heterocycles. The number of fused-ring (bicyclic) bond motifs is 5. The Bertz CT molecular complexity index is 841. The van der Waals surface area contributed by atoms with E-state index in [2.05, 4.69) is 26.8 Å². The molecule has 0 aromatic carbocycles.